The van der Waals surface area contributed by atoms with Gasteiger partial charge in [-0.2, -0.15) is 0 Å². The average Bonchev–Trinajstić information content (AvgIpc) is 2.82. The van der Waals surface area contributed by atoms with Crippen molar-refractivity contribution in [1.82, 2.24) is 10.2 Å². The van der Waals surface area contributed by atoms with Gasteiger partial charge in [0.15, 0.2) is 0 Å². The van der Waals surface area contributed by atoms with E-state index in [4.69, 9.17) is 0 Å². The normalized spacial score (nSPS) is 16.6. The van der Waals surface area contributed by atoms with Gasteiger partial charge in [-0.3, -0.25) is 0 Å². The lowest BCUT2D eigenvalue weighted by atomic mass is 10.1. The smallest absolute Gasteiger partial charge is 0.317 e. The molecule has 0 spiro atoms. The molecule has 0 saturated heterocycles. The Morgan fingerprint density at radius 2 is 2.14 bits per heavy atom. The Kier molecular flexibility index (Phi) is 3.37. The highest BCUT2D eigenvalue weighted by Crippen LogP contribution is 2.19. The maximum Gasteiger partial charge on any atom is 0.317 e. The van der Waals surface area contributed by atoms with Crippen LogP contribution in [-0.2, 0) is 0 Å². The van der Waals surface area contributed by atoms with Gasteiger partial charge in [-0.15, -0.1) is 0 Å². The third-order valence-corrected chi connectivity index (χ3v) is 2.15. The lowest BCUT2D eigenvalue weighted by Crippen LogP contribution is -2.47. The summed E-state index contributed by atoms with van der Waals surface area (Å²) >= 11 is 0. The SMILES string of the molecule is CCN(CC(C)(C)O)C(=O)NC1CC1. The van der Waals surface area contributed by atoms with Crippen LogP contribution >= 0.6 is 0 Å². The van der Waals surface area contributed by atoms with E-state index in [1.807, 2.05) is 6.92 Å². The number of carbonyl (C=O) groups excluding carboxylic acids is 1. The Morgan fingerprint density at radius 3 is 2.50 bits per heavy atom. The van der Waals surface area contributed by atoms with Crippen LogP contribution < -0.4 is 5.32 Å². The van der Waals surface area contributed by atoms with Crippen molar-refractivity contribution in [3.8, 4) is 0 Å². The van der Waals surface area contributed by atoms with Gasteiger partial charge in [0.25, 0.3) is 0 Å². The monoisotopic (exact) mass is 200 g/mol. The molecule has 1 rings (SSSR count). The lowest BCUT2D eigenvalue weighted by Gasteiger charge is -2.28. The highest BCUT2D eigenvalue weighted by molar-refractivity contribution is 5.74. The summed E-state index contributed by atoms with van der Waals surface area (Å²) in [6.07, 6.45) is 2.18. The highest BCUT2D eigenvalue weighted by Gasteiger charge is 2.27. The second kappa shape index (κ2) is 4.17. The van der Waals surface area contributed by atoms with Crippen molar-refractivity contribution < 1.29 is 9.90 Å². The molecule has 14 heavy (non-hydrogen) atoms. The fourth-order valence-electron chi connectivity index (χ4n) is 1.29. The summed E-state index contributed by atoms with van der Waals surface area (Å²) in [5, 5.41) is 12.5. The van der Waals surface area contributed by atoms with E-state index in [1.165, 1.54) is 0 Å². The molecule has 4 heteroatoms. The number of aliphatic hydroxyl groups is 1. The molecule has 0 heterocycles. The zero-order chi connectivity index (χ0) is 10.8. The molecule has 0 atom stereocenters. The van der Waals surface area contributed by atoms with Crippen molar-refractivity contribution in [2.24, 2.45) is 0 Å². The minimum atomic E-state index is -0.823. The van der Waals surface area contributed by atoms with Crippen LogP contribution in [0.2, 0.25) is 0 Å². The molecule has 0 bridgehead atoms. The summed E-state index contributed by atoms with van der Waals surface area (Å²) in [6, 6.07) is 0.315. The highest BCUT2D eigenvalue weighted by atomic mass is 16.3. The molecular formula is C10H20N2O2. The van der Waals surface area contributed by atoms with Gasteiger partial charge in [0.1, 0.15) is 0 Å². The van der Waals surface area contributed by atoms with Gasteiger partial charge >= 0.3 is 6.03 Å². The van der Waals surface area contributed by atoms with E-state index < -0.39 is 5.60 Å². The van der Waals surface area contributed by atoms with Crippen LogP contribution in [0, 0.1) is 0 Å². The maximum atomic E-state index is 11.6. The first-order valence-corrected chi connectivity index (χ1v) is 5.20. The van der Waals surface area contributed by atoms with E-state index >= 15 is 0 Å². The molecule has 0 unspecified atom stereocenters. The third-order valence-electron chi connectivity index (χ3n) is 2.15. The first-order valence-electron chi connectivity index (χ1n) is 5.20. The summed E-state index contributed by atoms with van der Waals surface area (Å²) in [6.45, 7) is 6.34. The Labute approximate surface area is 85.3 Å². The van der Waals surface area contributed by atoms with E-state index in [0.29, 0.717) is 19.1 Å². The van der Waals surface area contributed by atoms with E-state index in [9.17, 15) is 9.90 Å². The number of hydrogen-bond acceptors (Lipinski definition) is 2. The topological polar surface area (TPSA) is 52.6 Å². The van der Waals surface area contributed by atoms with Crippen molar-refractivity contribution in [3.05, 3.63) is 0 Å². The van der Waals surface area contributed by atoms with E-state index in [-0.39, 0.29) is 6.03 Å². The minimum Gasteiger partial charge on any atom is -0.389 e. The number of urea groups is 1. The Morgan fingerprint density at radius 1 is 1.57 bits per heavy atom. The summed E-state index contributed by atoms with van der Waals surface area (Å²) in [4.78, 5) is 13.2. The third kappa shape index (κ3) is 3.96. The first kappa shape index (κ1) is 11.3. The number of hydrogen-bond donors (Lipinski definition) is 2. The number of nitrogens with one attached hydrogen (secondary N) is 1. The molecule has 0 aromatic carbocycles. The zero-order valence-corrected chi connectivity index (χ0v) is 9.21. The Balaban J connectivity index is 2.39. The molecule has 0 aliphatic heterocycles. The summed E-state index contributed by atoms with van der Waals surface area (Å²) in [5.74, 6) is 0. The fourth-order valence-corrected chi connectivity index (χ4v) is 1.29. The van der Waals surface area contributed by atoms with Gasteiger partial charge in [0, 0.05) is 12.6 Å². The second-order valence-corrected chi connectivity index (χ2v) is 4.55. The Hall–Kier alpha value is -0.770. The van der Waals surface area contributed by atoms with Crippen LogP contribution in [0.25, 0.3) is 0 Å². The van der Waals surface area contributed by atoms with Gasteiger partial charge in [-0.25, -0.2) is 4.79 Å². The standard InChI is InChI=1S/C10H20N2O2/c1-4-12(7-10(2,3)14)9(13)11-8-5-6-8/h8,14H,4-7H2,1-3H3,(H,11,13). The van der Waals surface area contributed by atoms with Gasteiger partial charge in [-0.05, 0) is 33.6 Å². The molecular weight excluding hydrogens is 180 g/mol. The van der Waals surface area contributed by atoms with E-state index in [1.54, 1.807) is 18.7 Å². The van der Waals surface area contributed by atoms with Crippen molar-refractivity contribution in [2.75, 3.05) is 13.1 Å². The largest absolute Gasteiger partial charge is 0.389 e. The van der Waals surface area contributed by atoms with Gasteiger partial charge < -0.3 is 15.3 Å². The van der Waals surface area contributed by atoms with Gasteiger partial charge in [0.2, 0.25) is 0 Å². The van der Waals surface area contributed by atoms with E-state index in [2.05, 4.69) is 5.32 Å². The second-order valence-electron chi connectivity index (χ2n) is 4.55. The molecule has 2 amide bonds. The molecule has 1 saturated carbocycles. The zero-order valence-electron chi connectivity index (χ0n) is 9.21. The van der Waals surface area contributed by atoms with Gasteiger partial charge in [0.05, 0.1) is 12.1 Å². The Bertz CT molecular complexity index is 207. The molecule has 4 nitrogen and oxygen atoms in total. The predicted octanol–water partition coefficient (Wildman–Crippen LogP) is 0.951. The van der Waals surface area contributed by atoms with Crippen molar-refractivity contribution >= 4 is 6.03 Å². The fraction of sp³-hybridized carbons (Fsp3) is 0.900. The summed E-state index contributed by atoms with van der Waals surface area (Å²) in [5.41, 5.74) is -0.823. The minimum absolute atomic E-state index is 0.0582. The number of amides is 2. The molecule has 82 valence electrons. The maximum absolute atomic E-state index is 11.6. The molecule has 0 radical (unpaired) electrons. The number of nitrogens with zero attached hydrogens (tertiary/aromatic N) is 1. The van der Waals surface area contributed by atoms with Crippen molar-refractivity contribution in [2.45, 2.75) is 45.3 Å². The number of rotatable bonds is 4. The van der Waals surface area contributed by atoms with Crippen LogP contribution in [0.15, 0.2) is 0 Å². The average molecular weight is 200 g/mol. The van der Waals surface area contributed by atoms with Crippen LogP contribution in [-0.4, -0.2) is 40.8 Å². The van der Waals surface area contributed by atoms with Crippen LogP contribution in [0.1, 0.15) is 33.6 Å². The molecule has 1 fully saturated rings. The van der Waals surface area contributed by atoms with Crippen LogP contribution in [0.5, 0.6) is 0 Å². The molecule has 0 aromatic rings. The first-order chi connectivity index (χ1) is 6.42. The van der Waals surface area contributed by atoms with E-state index in [0.717, 1.165) is 12.8 Å². The number of likely N-dealkylation sites (N-methyl/N-ethyl adjacent to an activating group) is 1. The summed E-state index contributed by atoms with van der Waals surface area (Å²) in [7, 11) is 0. The molecule has 0 aromatic heterocycles. The lowest BCUT2D eigenvalue weighted by molar-refractivity contribution is 0.0479. The van der Waals surface area contributed by atoms with Gasteiger partial charge in [-0.1, -0.05) is 0 Å². The molecule has 1 aliphatic rings. The van der Waals surface area contributed by atoms with Crippen molar-refractivity contribution in [3.63, 3.8) is 0 Å². The van der Waals surface area contributed by atoms with Crippen LogP contribution in [0.4, 0.5) is 4.79 Å². The van der Waals surface area contributed by atoms with Crippen LogP contribution in [0.3, 0.4) is 0 Å². The molecule has 2 N–H and O–H groups in total. The quantitative estimate of drug-likeness (QED) is 0.710. The summed E-state index contributed by atoms with van der Waals surface area (Å²) < 4.78 is 0. The van der Waals surface area contributed by atoms with Crippen molar-refractivity contribution in [1.29, 1.82) is 0 Å². The predicted molar refractivity (Wildman–Crippen MR) is 55.1 cm³/mol. The number of carbonyl (C=O) groups is 1. The molecule has 1 aliphatic carbocycles.